The van der Waals surface area contributed by atoms with E-state index in [9.17, 15) is 19.2 Å². The van der Waals surface area contributed by atoms with Gasteiger partial charge in [0.05, 0.1) is 21.3 Å². The Balaban J connectivity index is 2.16. The summed E-state index contributed by atoms with van der Waals surface area (Å²) < 4.78 is 25.7. The molecule has 0 aliphatic carbocycles. The van der Waals surface area contributed by atoms with Gasteiger partial charge in [-0.2, -0.15) is 4.99 Å². The van der Waals surface area contributed by atoms with Gasteiger partial charge < -0.3 is 23.7 Å². The number of ether oxygens (including phenoxy) is 5. The highest BCUT2D eigenvalue weighted by Crippen LogP contribution is 2.28. The summed E-state index contributed by atoms with van der Waals surface area (Å²) in [6.45, 7) is -0.110. The smallest absolute Gasteiger partial charge is 0.424 e. The molecule has 0 aliphatic heterocycles. The predicted octanol–water partition coefficient (Wildman–Crippen LogP) is 3.75. The number of methoxy groups -OCH3 is 3. The number of nitrogens with zero attached hydrogens (tertiary/aromatic N) is 2. The van der Waals surface area contributed by atoms with Crippen molar-refractivity contribution in [2.24, 2.45) is 4.99 Å². The van der Waals surface area contributed by atoms with Gasteiger partial charge in [-0.25, -0.2) is 24.1 Å². The molecule has 0 aromatic heterocycles. The molecule has 11 heteroatoms. The number of benzene rings is 2. The van der Waals surface area contributed by atoms with Gasteiger partial charge in [0.15, 0.2) is 29.0 Å². The number of para-hydroxylation sites is 4. The quantitative estimate of drug-likeness (QED) is 0.202. The van der Waals surface area contributed by atoms with E-state index in [0.717, 1.165) is 4.90 Å². The Morgan fingerprint density at radius 1 is 0.829 bits per heavy atom. The third-order valence-corrected chi connectivity index (χ3v) is 4.76. The molecule has 0 saturated heterocycles. The van der Waals surface area contributed by atoms with Crippen molar-refractivity contribution in [3.8, 4) is 23.0 Å². The lowest BCUT2D eigenvalue weighted by atomic mass is 10.1. The lowest BCUT2D eigenvalue weighted by molar-refractivity contribution is -0.142. The van der Waals surface area contributed by atoms with Crippen LogP contribution in [0.4, 0.5) is 9.59 Å². The molecule has 11 nitrogen and oxygen atoms in total. The number of imide groups is 1. The SMILES string of the molecule is COC(=O)C(CCCCN(C(=O)Oc1ccccc1OC)C(=O)Oc1ccccc1OC)N=C=O. The minimum Gasteiger partial charge on any atom is -0.493 e. The van der Waals surface area contributed by atoms with E-state index in [1.54, 1.807) is 36.4 Å². The van der Waals surface area contributed by atoms with Crippen LogP contribution in [0.5, 0.6) is 23.0 Å². The molecule has 2 rings (SSSR count). The maximum atomic E-state index is 12.9. The van der Waals surface area contributed by atoms with E-state index in [1.165, 1.54) is 39.5 Å². The number of hydrogen-bond acceptors (Lipinski definition) is 10. The zero-order chi connectivity index (χ0) is 25.6. The Kier molecular flexibility index (Phi) is 10.8. The fourth-order valence-electron chi connectivity index (χ4n) is 3.00. The lowest BCUT2D eigenvalue weighted by Gasteiger charge is -2.21. The summed E-state index contributed by atoms with van der Waals surface area (Å²) >= 11 is 0. The maximum Gasteiger partial charge on any atom is 0.424 e. The standard InChI is InChI=1S/C24H26N2O9/c1-31-18-11-4-6-13-20(18)34-23(29)26(15-9-8-10-17(25-16-27)22(28)33-3)24(30)35-21-14-7-5-12-19(21)32-2/h4-7,11-14,17H,8-10,15H2,1-3H3. The van der Waals surface area contributed by atoms with Crippen molar-refractivity contribution in [1.82, 2.24) is 4.90 Å². The summed E-state index contributed by atoms with van der Waals surface area (Å²) in [5.74, 6) is 0.136. The first-order chi connectivity index (χ1) is 16.9. The number of hydrogen-bond donors (Lipinski definition) is 0. The number of esters is 1. The average molecular weight is 486 g/mol. The van der Waals surface area contributed by atoms with E-state index in [2.05, 4.69) is 9.73 Å². The number of aliphatic imine (C=N–C) groups is 1. The van der Waals surface area contributed by atoms with Gasteiger partial charge in [-0.3, -0.25) is 0 Å². The predicted molar refractivity (Wildman–Crippen MR) is 123 cm³/mol. The molecule has 2 aromatic rings. The van der Waals surface area contributed by atoms with Crippen molar-refractivity contribution in [3.05, 3.63) is 48.5 Å². The van der Waals surface area contributed by atoms with E-state index in [1.807, 2.05) is 0 Å². The molecule has 2 amide bonds. The van der Waals surface area contributed by atoms with Crippen molar-refractivity contribution in [2.75, 3.05) is 27.9 Å². The molecule has 0 saturated carbocycles. The Bertz CT molecular complexity index is 1000. The average Bonchev–Trinajstić information content (AvgIpc) is 2.87. The highest BCUT2D eigenvalue weighted by molar-refractivity contribution is 5.90. The molecule has 0 aliphatic rings. The number of isocyanates is 1. The third-order valence-electron chi connectivity index (χ3n) is 4.76. The van der Waals surface area contributed by atoms with Crippen molar-refractivity contribution in [2.45, 2.75) is 25.3 Å². The fraction of sp³-hybridized carbons (Fsp3) is 0.333. The van der Waals surface area contributed by atoms with Crippen molar-refractivity contribution in [3.63, 3.8) is 0 Å². The fourth-order valence-corrected chi connectivity index (χ4v) is 3.00. The van der Waals surface area contributed by atoms with E-state index in [-0.39, 0.29) is 30.9 Å². The number of amides is 2. The van der Waals surface area contributed by atoms with Gasteiger partial charge in [-0.05, 0) is 43.5 Å². The lowest BCUT2D eigenvalue weighted by Crippen LogP contribution is -2.41. The van der Waals surface area contributed by atoms with Crippen LogP contribution in [-0.4, -0.2) is 63.1 Å². The second kappa shape index (κ2) is 14.0. The van der Waals surface area contributed by atoms with Crippen molar-refractivity contribution in [1.29, 1.82) is 0 Å². The highest BCUT2D eigenvalue weighted by Gasteiger charge is 2.27. The molecule has 35 heavy (non-hydrogen) atoms. The molecule has 0 radical (unpaired) electrons. The zero-order valence-electron chi connectivity index (χ0n) is 19.6. The second-order valence-electron chi connectivity index (χ2n) is 6.94. The molecular weight excluding hydrogens is 460 g/mol. The maximum absolute atomic E-state index is 12.9. The molecule has 0 bridgehead atoms. The number of carbonyl (C=O) groups is 3. The van der Waals surface area contributed by atoms with Gasteiger partial charge in [0.25, 0.3) is 0 Å². The number of rotatable bonds is 11. The van der Waals surface area contributed by atoms with Crippen molar-refractivity contribution >= 4 is 24.2 Å². The Morgan fingerprint density at radius 3 is 1.74 bits per heavy atom. The van der Waals surface area contributed by atoms with Crippen LogP contribution in [-0.2, 0) is 14.3 Å². The largest absolute Gasteiger partial charge is 0.493 e. The normalized spacial score (nSPS) is 10.8. The van der Waals surface area contributed by atoms with Gasteiger partial charge >= 0.3 is 18.2 Å². The summed E-state index contributed by atoms with van der Waals surface area (Å²) in [5, 5.41) is 0. The van der Waals surface area contributed by atoms with Crippen LogP contribution in [0, 0.1) is 0 Å². The van der Waals surface area contributed by atoms with Crippen LogP contribution in [0.3, 0.4) is 0 Å². The van der Waals surface area contributed by atoms with Crippen LogP contribution < -0.4 is 18.9 Å². The monoisotopic (exact) mass is 486 g/mol. The Morgan fingerprint density at radius 2 is 1.31 bits per heavy atom. The van der Waals surface area contributed by atoms with Gasteiger partial charge in [0.1, 0.15) is 0 Å². The molecule has 0 N–H and O–H groups in total. The van der Waals surface area contributed by atoms with E-state index in [4.69, 9.17) is 18.9 Å². The summed E-state index contributed by atoms with van der Waals surface area (Å²) in [7, 11) is 4.01. The van der Waals surface area contributed by atoms with Crippen LogP contribution in [0.2, 0.25) is 0 Å². The van der Waals surface area contributed by atoms with Crippen LogP contribution in [0.25, 0.3) is 0 Å². The van der Waals surface area contributed by atoms with Crippen LogP contribution in [0.15, 0.2) is 53.5 Å². The second-order valence-corrected chi connectivity index (χ2v) is 6.94. The van der Waals surface area contributed by atoms with Crippen LogP contribution in [0.1, 0.15) is 19.3 Å². The Labute approximate surface area is 202 Å². The van der Waals surface area contributed by atoms with Gasteiger partial charge in [-0.15, -0.1) is 0 Å². The number of unbranched alkanes of at least 4 members (excludes halogenated alkanes) is 1. The summed E-state index contributed by atoms with van der Waals surface area (Å²) in [6.07, 6.45) is 0.0764. The van der Waals surface area contributed by atoms with Crippen LogP contribution >= 0.6 is 0 Å². The molecule has 2 aromatic carbocycles. The van der Waals surface area contributed by atoms with Gasteiger partial charge in [-0.1, -0.05) is 24.3 Å². The molecule has 1 unspecified atom stereocenters. The first-order valence-corrected chi connectivity index (χ1v) is 10.6. The summed E-state index contributed by atoms with van der Waals surface area (Å²) in [6, 6.07) is 11.9. The summed E-state index contributed by atoms with van der Waals surface area (Å²) in [5.41, 5.74) is 0. The van der Waals surface area contributed by atoms with Gasteiger partial charge in [0.2, 0.25) is 6.08 Å². The highest BCUT2D eigenvalue weighted by atomic mass is 16.6. The minimum absolute atomic E-state index is 0.110. The van der Waals surface area contributed by atoms with E-state index < -0.39 is 24.2 Å². The van der Waals surface area contributed by atoms with Gasteiger partial charge in [0, 0.05) is 6.54 Å². The first-order valence-electron chi connectivity index (χ1n) is 10.6. The van der Waals surface area contributed by atoms with E-state index in [0.29, 0.717) is 17.9 Å². The zero-order valence-corrected chi connectivity index (χ0v) is 19.6. The summed E-state index contributed by atoms with van der Waals surface area (Å²) in [4.78, 5) is 52.3. The molecule has 0 spiro atoms. The third kappa shape index (κ3) is 7.86. The topological polar surface area (TPSA) is 130 Å². The van der Waals surface area contributed by atoms with Crippen molar-refractivity contribution < 1.29 is 42.9 Å². The first kappa shape index (κ1) is 26.9. The molecule has 0 fully saturated rings. The Hall–Kier alpha value is -4.37. The van der Waals surface area contributed by atoms with E-state index >= 15 is 0 Å². The molecular formula is C24H26N2O9. The minimum atomic E-state index is -1.02. The molecule has 0 heterocycles. The molecule has 1 atom stereocenters. The molecule has 186 valence electrons. The number of carbonyl (C=O) groups excluding carboxylic acids is 4.